The van der Waals surface area contributed by atoms with Crippen LogP contribution in [0.25, 0.3) is 0 Å². The Hall–Kier alpha value is -1.93. The molecule has 1 aromatic heterocycles. The third-order valence-corrected chi connectivity index (χ3v) is 3.29. The van der Waals surface area contributed by atoms with Gasteiger partial charge in [0, 0.05) is 32.2 Å². The van der Waals surface area contributed by atoms with Gasteiger partial charge in [0.15, 0.2) is 0 Å². The molecule has 21 heavy (non-hydrogen) atoms. The van der Waals surface area contributed by atoms with Crippen LogP contribution >= 0.6 is 0 Å². The Labute approximate surface area is 122 Å². The Kier molecular flexibility index (Phi) is 4.92. The standard InChI is InChI=1S/C13H20N4O4/c1-2-6-14-11-4-3-10(17(19)20)12(16-11)15-8-13(18)5-7-21-9-13/h3-4,18H,2,5-9H2,1H3,(H2,14,15,16). The van der Waals surface area contributed by atoms with Crippen LogP contribution in [0.15, 0.2) is 12.1 Å². The van der Waals surface area contributed by atoms with Crippen molar-refractivity contribution in [3.63, 3.8) is 0 Å². The van der Waals surface area contributed by atoms with E-state index in [9.17, 15) is 15.2 Å². The number of nitrogens with one attached hydrogen (secondary N) is 2. The van der Waals surface area contributed by atoms with Gasteiger partial charge < -0.3 is 20.5 Å². The normalized spacial score (nSPS) is 21.2. The number of nitrogens with zero attached hydrogens (tertiary/aromatic N) is 2. The fraction of sp³-hybridized carbons (Fsp3) is 0.615. The molecule has 1 fully saturated rings. The fourth-order valence-corrected chi connectivity index (χ4v) is 2.06. The number of pyridine rings is 1. The van der Waals surface area contributed by atoms with Gasteiger partial charge in [0.1, 0.15) is 11.4 Å². The van der Waals surface area contributed by atoms with Crippen LogP contribution in [0.1, 0.15) is 19.8 Å². The summed E-state index contributed by atoms with van der Waals surface area (Å²) in [6.45, 7) is 3.64. The van der Waals surface area contributed by atoms with E-state index in [4.69, 9.17) is 4.74 Å². The number of ether oxygens (including phenoxy) is 1. The number of aromatic nitrogens is 1. The highest BCUT2D eigenvalue weighted by Crippen LogP contribution is 2.26. The summed E-state index contributed by atoms with van der Waals surface area (Å²) in [6, 6.07) is 2.98. The molecule has 0 aromatic carbocycles. The maximum absolute atomic E-state index is 11.0. The van der Waals surface area contributed by atoms with Crippen LogP contribution in [0.4, 0.5) is 17.3 Å². The zero-order valence-corrected chi connectivity index (χ0v) is 12.0. The van der Waals surface area contributed by atoms with Gasteiger partial charge in [-0.2, -0.15) is 0 Å². The van der Waals surface area contributed by atoms with Crippen LogP contribution in [0.3, 0.4) is 0 Å². The van der Waals surface area contributed by atoms with Crippen molar-refractivity contribution < 1.29 is 14.8 Å². The van der Waals surface area contributed by atoms with E-state index < -0.39 is 10.5 Å². The predicted octanol–water partition coefficient (Wildman–Crippen LogP) is 1.37. The molecule has 3 N–H and O–H groups in total. The van der Waals surface area contributed by atoms with Crippen LogP contribution in [0.2, 0.25) is 0 Å². The zero-order valence-electron chi connectivity index (χ0n) is 12.0. The summed E-state index contributed by atoms with van der Waals surface area (Å²) in [6.07, 6.45) is 1.43. The first-order valence-electron chi connectivity index (χ1n) is 6.97. The van der Waals surface area contributed by atoms with Crippen molar-refractivity contribution in [3.05, 3.63) is 22.2 Å². The van der Waals surface area contributed by atoms with Crippen molar-refractivity contribution in [1.82, 2.24) is 4.98 Å². The lowest BCUT2D eigenvalue weighted by atomic mass is 10.0. The first-order valence-corrected chi connectivity index (χ1v) is 6.97. The molecular weight excluding hydrogens is 276 g/mol. The van der Waals surface area contributed by atoms with E-state index in [0.717, 1.165) is 13.0 Å². The average Bonchev–Trinajstić information content (AvgIpc) is 2.90. The number of anilines is 2. The van der Waals surface area contributed by atoms with Crippen molar-refractivity contribution in [3.8, 4) is 0 Å². The minimum atomic E-state index is -0.998. The highest BCUT2D eigenvalue weighted by molar-refractivity contribution is 5.60. The molecule has 0 aliphatic carbocycles. The Morgan fingerprint density at radius 1 is 1.52 bits per heavy atom. The number of nitro groups is 1. The predicted molar refractivity (Wildman–Crippen MR) is 78.5 cm³/mol. The molecule has 1 atom stereocenters. The highest BCUT2D eigenvalue weighted by Gasteiger charge is 2.32. The van der Waals surface area contributed by atoms with Crippen molar-refractivity contribution in [1.29, 1.82) is 0 Å². The minimum Gasteiger partial charge on any atom is -0.386 e. The van der Waals surface area contributed by atoms with Gasteiger partial charge in [-0.15, -0.1) is 0 Å². The van der Waals surface area contributed by atoms with E-state index in [1.54, 1.807) is 6.07 Å². The van der Waals surface area contributed by atoms with E-state index in [-0.39, 0.29) is 24.7 Å². The van der Waals surface area contributed by atoms with Gasteiger partial charge in [-0.1, -0.05) is 6.92 Å². The molecule has 1 aliphatic heterocycles. The number of aliphatic hydroxyl groups is 1. The van der Waals surface area contributed by atoms with Gasteiger partial charge in [-0.05, 0) is 12.5 Å². The Morgan fingerprint density at radius 3 is 2.95 bits per heavy atom. The lowest BCUT2D eigenvalue weighted by molar-refractivity contribution is -0.384. The lowest BCUT2D eigenvalue weighted by Gasteiger charge is -2.21. The van der Waals surface area contributed by atoms with E-state index >= 15 is 0 Å². The molecule has 1 aromatic rings. The molecule has 116 valence electrons. The molecular formula is C13H20N4O4. The maximum Gasteiger partial charge on any atom is 0.311 e. The maximum atomic E-state index is 11.0. The first-order chi connectivity index (χ1) is 10.0. The van der Waals surface area contributed by atoms with Crippen LogP contribution in [0.5, 0.6) is 0 Å². The summed E-state index contributed by atoms with van der Waals surface area (Å²) >= 11 is 0. The number of hydrogen-bond donors (Lipinski definition) is 3. The lowest BCUT2D eigenvalue weighted by Crippen LogP contribution is -2.37. The second-order valence-electron chi connectivity index (χ2n) is 5.13. The quantitative estimate of drug-likeness (QED) is 0.515. The Balaban J connectivity index is 2.11. The second kappa shape index (κ2) is 6.68. The monoisotopic (exact) mass is 296 g/mol. The summed E-state index contributed by atoms with van der Waals surface area (Å²) in [5.41, 5.74) is -1.11. The topological polar surface area (TPSA) is 110 Å². The molecule has 2 heterocycles. The minimum absolute atomic E-state index is 0.112. The van der Waals surface area contributed by atoms with Crippen LogP contribution in [-0.4, -0.2) is 46.9 Å². The van der Waals surface area contributed by atoms with Gasteiger partial charge in [-0.3, -0.25) is 10.1 Å². The summed E-state index contributed by atoms with van der Waals surface area (Å²) in [4.78, 5) is 14.8. The van der Waals surface area contributed by atoms with Gasteiger partial charge in [-0.25, -0.2) is 4.98 Å². The molecule has 1 saturated heterocycles. The van der Waals surface area contributed by atoms with Crippen LogP contribution in [-0.2, 0) is 4.74 Å². The van der Waals surface area contributed by atoms with E-state index in [1.165, 1.54) is 6.07 Å². The zero-order chi connectivity index (χ0) is 15.3. The third kappa shape index (κ3) is 4.02. The summed E-state index contributed by atoms with van der Waals surface area (Å²) in [7, 11) is 0. The molecule has 0 bridgehead atoms. The first kappa shape index (κ1) is 15.5. The summed E-state index contributed by atoms with van der Waals surface area (Å²) < 4.78 is 5.15. The summed E-state index contributed by atoms with van der Waals surface area (Å²) in [5.74, 6) is 0.723. The smallest absolute Gasteiger partial charge is 0.311 e. The van der Waals surface area contributed by atoms with Crippen molar-refractivity contribution in [2.45, 2.75) is 25.4 Å². The summed E-state index contributed by atoms with van der Waals surface area (Å²) in [5, 5.41) is 27.2. The van der Waals surface area contributed by atoms with E-state index in [0.29, 0.717) is 18.8 Å². The molecule has 0 spiro atoms. The molecule has 1 unspecified atom stereocenters. The molecule has 2 rings (SSSR count). The largest absolute Gasteiger partial charge is 0.386 e. The van der Waals surface area contributed by atoms with Gasteiger partial charge in [0.05, 0.1) is 11.5 Å². The number of rotatable bonds is 7. The van der Waals surface area contributed by atoms with Gasteiger partial charge >= 0.3 is 5.69 Å². The van der Waals surface area contributed by atoms with Crippen LogP contribution in [0, 0.1) is 10.1 Å². The Morgan fingerprint density at radius 2 is 2.33 bits per heavy atom. The molecule has 8 heteroatoms. The SMILES string of the molecule is CCCNc1ccc([N+](=O)[O-])c(NCC2(O)CCOC2)n1. The fourth-order valence-electron chi connectivity index (χ4n) is 2.06. The van der Waals surface area contributed by atoms with E-state index in [1.807, 2.05) is 6.92 Å². The van der Waals surface area contributed by atoms with Crippen molar-refractivity contribution >= 4 is 17.3 Å². The number of hydrogen-bond acceptors (Lipinski definition) is 7. The van der Waals surface area contributed by atoms with Gasteiger partial charge in [0.2, 0.25) is 5.82 Å². The van der Waals surface area contributed by atoms with Crippen LogP contribution < -0.4 is 10.6 Å². The van der Waals surface area contributed by atoms with E-state index in [2.05, 4.69) is 15.6 Å². The molecule has 0 radical (unpaired) electrons. The van der Waals surface area contributed by atoms with Gasteiger partial charge in [0.25, 0.3) is 0 Å². The van der Waals surface area contributed by atoms with Crippen molar-refractivity contribution in [2.24, 2.45) is 0 Å². The average molecular weight is 296 g/mol. The molecule has 8 nitrogen and oxygen atoms in total. The molecule has 0 amide bonds. The Bertz CT molecular complexity index is 503. The third-order valence-electron chi connectivity index (χ3n) is 3.29. The second-order valence-corrected chi connectivity index (χ2v) is 5.13. The highest BCUT2D eigenvalue weighted by atomic mass is 16.6. The molecule has 0 saturated carbocycles. The van der Waals surface area contributed by atoms with Crippen molar-refractivity contribution in [2.75, 3.05) is 36.9 Å². The molecule has 1 aliphatic rings.